The summed E-state index contributed by atoms with van der Waals surface area (Å²) in [6.45, 7) is 1.91. The molecule has 1 aliphatic rings. The minimum atomic E-state index is -0.690. The van der Waals surface area contributed by atoms with Crippen LogP contribution in [0.3, 0.4) is 0 Å². The third-order valence-corrected chi connectivity index (χ3v) is 4.67. The molecule has 10 heteroatoms. The van der Waals surface area contributed by atoms with Crippen LogP contribution in [0.1, 0.15) is 23.2 Å². The number of hydrogen-bond donors (Lipinski definition) is 1. The number of nitro groups is 1. The Balaban J connectivity index is 1.92. The van der Waals surface area contributed by atoms with E-state index in [4.69, 9.17) is 14.2 Å². The van der Waals surface area contributed by atoms with Gasteiger partial charge in [-0.2, -0.15) is 0 Å². The monoisotopic (exact) mass is 402 g/mol. The Morgan fingerprint density at radius 1 is 1.14 bits per heavy atom. The number of nitro benzene ring substituents is 1. The Labute approximate surface area is 167 Å². The van der Waals surface area contributed by atoms with Gasteiger partial charge in [-0.25, -0.2) is 4.98 Å². The van der Waals surface area contributed by atoms with E-state index in [1.165, 1.54) is 33.6 Å². The molecule has 10 nitrogen and oxygen atoms in total. The predicted octanol–water partition coefficient (Wildman–Crippen LogP) is 2.87. The van der Waals surface area contributed by atoms with Crippen LogP contribution >= 0.6 is 0 Å². The van der Waals surface area contributed by atoms with Crippen molar-refractivity contribution in [3.63, 3.8) is 0 Å². The van der Waals surface area contributed by atoms with E-state index >= 15 is 0 Å². The standard InChI is InChI=1S/C19H22N4O6/c1-27-14-10-13(16(23(25)26)18(29-3)17(14)28-2)19(24)21-12-6-7-15(20-11-12)22-8-4-5-9-22/h6-7,10-11H,4-5,8-9H2,1-3H3,(H,21,24). The molecule has 1 aliphatic heterocycles. The number of aromatic nitrogens is 1. The van der Waals surface area contributed by atoms with Gasteiger partial charge in [-0.05, 0) is 25.0 Å². The second-order valence-corrected chi connectivity index (χ2v) is 6.35. The average molecular weight is 402 g/mol. The fourth-order valence-corrected chi connectivity index (χ4v) is 3.29. The van der Waals surface area contributed by atoms with Crippen LogP contribution in [0, 0.1) is 10.1 Å². The molecule has 3 rings (SSSR count). The van der Waals surface area contributed by atoms with E-state index in [1.54, 1.807) is 6.07 Å². The summed E-state index contributed by atoms with van der Waals surface area (Å²) in [5.41, 5.74) is -0.307. The van der Waals surface area contributed by atoms with E-state index in [9.17, 15) is 14.9 Å². The second-order valence-electron chi connectivity index (χ2n) is 6.35. The summed E-state index contributed by atoms with van der Waals surface area (Å²) in [4.78, 5) is 30.3. The third-order valence-electron chi connectivity index (χ3n) is 4.67. The normalized spacial score (nSPS) is 13.1. The number of carbonyl (C=O) groups is 1. The molecule has 0 unspecified atom stereocenters. The van der Waals surface area contributed by atoms with Crippen LogP contribution in [0.15, 0.2) is 24.4 Å². The lowest BCUT2D eigenvalue weighted by molar-refractivity contribution is -0.386. The topological polar surface area (TPSA) is 116 Å². The van der Waals surface area contributed by atoms with Gasteiger partial charge in [0.2, 0.25) is 11.5 Å². The lowest BCUT2D eigenvalue weighted by Gasteiger charge is -2.17. The van der Waals surface area contributed by atoms with Crippen LogP contribution in [-0.2, 0) is 0 Å². The molecule has 1 saturated heterocycles. The van der Waals surface area contributed by atoms with E-state index in [1.807, 2.05) is 6.07 Å². The molecular weight excluding hydrogens is 380 g/mol. The van der Waals surface area contributed by atoms with E-state index in [2.05, 4.69) is 15.2 Å². The maximum absolute atomic E-state index is 12.8. The number of rotatable bonds is 7. The lowest BCUT2D eigenvalue weighted by atomic mass is 10.1. The maximum atomic E-state index is 12.8. The van der Waals surface area contributed by atoms with Gasteiger partial charge in [-0.1, -0.05) is 0 Å². The summed E-state index contributed by atoms with van der Waals surface area (Å²) < 4.78 is 15.5. The van der Waals surface area contributed by atoms with E-state index < -0.39 is 16.5 Å². The number of ether oxygens (including phenoxy) is 3. The van der Waals surface area contributed by atoms with Crippen molar-refractivity contribution in [2.45, 2.75) is 12.8 Å². The third kappa shape index (κ3) is 4.00. The smallest absolute Gasteiger partial charge is 0.327 e. The van der Waals surface area contributed by atoms with Gasteiger partial charge in [0.25, 0.3) is 5.91 Å². The minimum Gasteiger partial charge on any atom is -0.493 e. The quantitative estimate of drug-likeness (QED) is 0.555. The second kappa shape index (κ2) is 8.63. The Hall–Kier alpha value is -3.56. The largest absolute Gasteiger partial charge is 0.493 e. The summed E-state index contributed by atoms with van der Waals surface area (Å²) >= 11 is 0. The van der Waals surface area contributed by atoms with Gasteiger partial charge in [0, 0.05) is 19.2 Å². The Kier molecular flexibility index (Phi) is 6.01. The average Bonchev–Trinajstić information content (AvgIpc) is 3.27. The van der Waals surface area contributed by atoms with Gasteiger partial charge in [-0.3, -0.25) is 14.9 Å². The summed E-state index contributed by atoms with van der Waals surface area (Å²) in [6, 6.07) is 4.77. The van der Waals surface area contributed by atoms with Crippen molar-refractivity contribution in [3.8, 4) is 17.2 Å². The zero-order valence-corrected chi connectivity index (χ0v) is 16.4. The summed E-state index contributed by atoms with van der Waals surface area (Å²) in [5, 5.41) is 14.3. The molecule has 154 valence electrons. The van der Waals surface area contributed by atoms with E-state index in [-0.39, 0.29) is 22.8 Å². The van der Waals surface area contributed by atoms with Gasteiger partial charge in [-0.15, -0.1) is 0 Å². The predicted molar refractivity (Wildman–Crippen MR) is 106 cm³/mol. The molecule has 0 bridgehead atoms. The van der Waals surface area contributed by atoms with Crippen molar-refractivity contribution in [1.29, 1.82) is 0 Å². The number of amides is 1. The van der Waals surface area contributed by atoms with Crippen LogP contribution in [0.2, 0.25) is 0 Å². The molecule has 2 heterocycles. The first-order valence-electron chi connectivity index (χ1n) is 8.99. The van der Waals surface area contributed by atoms with Gasteiger partial charge >= 0.3 is 5.69 Å². The highest BCUT2D eigenvalue weighted by molar-refractivity contribution is 6.08. The Morgan fingerprint density at radius 3 is 2.34 bits per heavy atom. The molecule has 29 heavy (non-hydrogen) atoms. The van der Waals surface area contributed by atoms with Gasteiger partial charge < -0.3 is 24.4 Å². The molecule has 0 saturated carbocycles. The van der Waals surface area contributed by atoms with Crippen LogP contribution < -0.4 is 24.4 Å². The van der Waals surface area contributed by atoms with Crippen molar-refractivity contribution in [3.05, 3.63) is 40.1 Å². The highest BCUT2D eigenvalue weighted by Crippen LogP contribution is 2.46. The SMILES string of the molecule is COc1cc(C(=O)Nc2ccc(N3CCCC3)nc2)c([N+](=O)[O-])c(OC)c1OC. The highest BCUT2D eigenvalue weighted by Gasteiger charge is 2.32. The first-order chi connectivity index (χ1) is 14.0. The van der Waals surface area contributed by atoms with Crippen molar-refractivity contribution in [1.82, 2.24) is 4.98 Å². The number of hydrogen-bond acceptors (Lipinski definition) is 8. The number of nitrogens with one attached hydrogen (secondary N) is 1. The zero-order chi connectivity index (χ0) is 21.0. The summed E-state index contributed by atoms with van der Waals surface area (Å²) in [7, 11) is 3.95. The van der Waals surface area contributed by atoms with Crippen LogP contribution in [0.5, 0.6) is 17.2 Å². The number of carbonyl (C=O) groups excluding carboxylic acids is 1. The van der Waals surface area contributed by atoms with Crippen molar-refractivity contribution in [2.75, 3.05) is 44.6 Å². The fourth-order valence-electron chi connectivity index (χ4n) is 3.29. The molecular formula is C19H22N4O6. The zero-order valence-electron chi connectivity index (χ0n) is 16.4. The van der Waals surface area contributed by atoms with Gasteiger partial charge in [0.15, 0.2) is 5.75 Å². The Bertz CT molecular complexity index is 910. The molecule has 0 spiro atoms. The van der Waals surface area contributed by atoms with Crippen LogP contribution in [-0.4, -0.2) is 50.2 Å². The van der Waals surface area contributed by atoms with E-state index in [0.717, 1.165) is 31.7 Å². The van der Waals surface area contributed by atoms with Crippen molar-refractivity contribution < 1.29 is 23.9 Å². The number of anilines is 2. The Morgan fingerprint density at radius 2 is 1.83 bits per heavy atom. The fraction of sp³-hybridized carbons (Fsp3) is 0.368. The lowest BCUT2D eigenvalue weighted by Crippen LogP contribution is -2.19. The first-order valence-corrected chi connectivity index (χ1v) is 8.99. The van der Waals surface area contributed by atoms with Crippen LogP contribution in [0.25, 0.3) is 0 Å². The van der Waals surface area contributed by atoms with Crippen molar-refractivity contribution >= 4 is 23.1 Å². The number of nitrogens with zero attached hydrogens (tertiary/aromatic N) is 3. The number of benzene rings is 1. The van der Waals surface area contributed by atoms with Gasteiger partial charge in [0.1, 0.15) is 11.4 Å². The van der Waals surface area contributed by atoms with E-state index in [0.29, 0.717) is 5.69 Å². The first kappa shape index (κ1) is 20.2. The molecule has 0 atom stereocenters. The maximum Gasteiger partial charge on any atom is 0.327 e. The molecule has 0 aliphatic carbocycles. The molecule has 1 N–H and O–H groups in total. The molecule has 2 aromatic rings. The number of methoxy groups -OCH3 is 3. The number of pyridine rings is 1. The summed E-state index contributed by atoms with van der Waals surface area (Å²) in [6.07, 6.45) is 3.78. The molecule has 0 radical (unpaired) electrons. The highest BCUT2D eigenvalue weighted by atomic mass is 16.6. The van der Waals surface area contributed by atoms with Gasteiger partial charge in [0.05, 0.1) is 38.1 Å². The van der Waals surface area contributed by atoms with Crippen LogP contribution in [0.4, 0.5) is 17.2 Å². The molecule has 1 fully saturated rings. The minimum absolute atomic E-state index is 0.0369. The molecule has 1 aromatic carbocycles. The molecule has 1 aromatic heterocycles. The molecule has 1 amide bonds. The van der Waals surface area contributed by atoms with Crippen molar-refractivity contribution in [2.24, 2.45) is 0 Å². The summed E-state index contributed by atoms with van der Waals surface area (Å²) in [5.74, 6) is 0.132.